The molecule has 1 heterocycles. The first-order chi connectivity index (χ1) is 13.6. The predicted molar refractivity (Wildman–Crippen MR) is 106 cm³/mol. The van der Waals surface area contributed by atoms with Crippen molar-refractivity contribution in [2.75, 3.05) is 12.3 Å². The number of aromatic amines is 1. The predicted octanol–water partition coefficient (Wildman–Crippen LogP) is 3.63. The molecule has 0 atom stereocenters. The van der Waals surface area contributed by atoms with Gasteiger partial charge in [0.25, 0.3) is 0 Å². The van der Waals surface area contributed by atoms with Crippen LogP contribution in [0.15, 0.2) is 53.7 Å². The van der Waals surface area contributed by atoms with Gasteiger partial charge in [-0.1, -0.05) is 35.5 Å². The Balaban J connectivity index is 1.35. The fourth-order valence-corrected chi connectivity index (χ4v) is 3.04. The van der Waals surface area contributed by atoms with Crippen LogP contribution in [0.3, 0.4) is 0 Å². The number of carbonyl (C=O) groups excluding carboxylic acids is 1. The maximum absolute atomic E-state index is 12.9. The normalized spacial score (nSPS) is 10.6. The van der Waals surface area contributed by atoms with Crippen LogP contribution < -0.4 is 10.1 Å². The van der Waals surface area contributed by atoms with Crippen molar-refractivity contribution in [2.24, 2.45) is 0 Å². The fraction of sp³-hybridized carbons (Fsp3) is 0.211. The molecule has 6 nitrogen and oxygen atoms in total. The first-order valence-electron chi connectivity index (χ1n) is 8.52. The Morgan fingerprint density at radius 3 is 2.68 bits per heavy atom. The summed E-state index contributed by atoms with van der Waals surface area (Å²) in [5.41, 5.74) is 0.966. The number of ether oxygens (including phenoxy) is 1. The largest absolute Gasteiger partial charge is 0.486 e. The van der Waals surface area contributed by atoms with E-state index in [0.717, 1.165) is 5.56 Å². The van der Waals surface area contributed by atoms with Crippen LogP contribution in [-0.2, 0) is 17.8 Å². The zero-order valence-electron chi connectivity index (χ0n) is 14.8. The minimum Gasteiger partial charge on any atom is -0.486 e. The molecule has 0 fully saturated rings. The Labute approximate surface area is 170 Å². The zero-order valence-corrected chi connectivity index (χ0v) is 16.4. The lowest BCUT2D eigenvalue weighted by Gasteiger charge is -2.04. The quantitative estimate of drug-likeness (QED) is 0.517. The molecule has 0 aliphatic rings. The summed E-state index contributed by atoms with van der Waals surface area (Å²) in [6, 6.07) is 13.2. The summed E-state index contributed by atoms with van der Waals surface area (Å²) in [4.78, 5) is 16.2. The maximum Gasteiger partial charge on any atom is 0.230 e. The molecule has 0 aliphatic carbocycles. The van der Waals surface area contributed by atoms with E-state index in [9.17, 15) is 9.18 Å². The second kappa shape index (κ2) is 10.1. The Hall–Kier alpha value is -2.58. The number of H-pyrrole nitrogens is 1. The van der Waals surface area contributed by atoms with Gasteiger partial charge < -0.3 is 10.1 Å². The minimum atomic E-state index is -0.270. The highest BCUT2D eigenvalue weighted by atomic mass is 35.5. The summed E-state index contributed by atoms with van der Waals surface area (Å²) >= 11 is 7.06. The van der Waals surface area contributed by atoms with Crippen molar-refractivity contribution in [3.63, 3.8) is 0 Å². The fourth-order valence-electron chi connectivity index (χ4n) is 2.27. The van der Waals surface area contributed by atoms with Gasteiger partial charge >= 0.3 is 0 Å². The smallest absolute Gasteiger partial charge is 0.230 e. The monoisotopic (exact) mass is 420 g/mol. The number of hydrogen-bond donors (Lipinski definition) is 2. The van der Waals surface area contributed by atoms with Crippen LogP contribution >= 0.6 is 23.4 Å². The summed E-state index contributed by atoms with van der Waals surface area (Å²) in [6.07, 6.45) is 0.642. The van der Waals surface area contributed by atoms with Gasteiger partial charge in [-0.15, -0.1) is 5.10 Å². The molecule has 0 saturated heterocycles. The van der Waals surface area contributed by atoms with E-state index in [1.54, 1.807) is 36.4 Å². The van der Waals surface area contributed by atoms with Crippen LogP contribution in [0, 0.1) is 5.82 Å². The molecule has 3 aromatic rings. The van der Waals surface area contributed by atoms with Crippen molar-refractivity contribution in [1.29, 1.82) is 0 Å². The van der Waals surface area contributed by atoms with Crippen molar-refractivity contribution in [3.8, 4) is 5.75 Å². The third kappa shape index (κ3) is 6.54. The first-order valence-corrected chi connectivity index (χ1v) is 9.88. The van der Waals surface area contributed by atoms with Gasteiger partial charge in [-0.2, -0.15) is 0 Å². The number of carbonyl (C=O) groups is 1. The van der Waals surface area contributed by atoms with E-state index in [4.69, 9.17) is 16.3 Å². The molecule has 0 bridgehead atoms. The molecule has 3 rings (SSSR count). The van der Waals surface area contributed by atoms with E-state index in [-0.39, 0.29) is 24.1 Å². The van der Waals surface area contributed by atoms with Crippen molar-refractivity contribution in [3.05, 3.63) is 70.8 Å². The maximum atomic E-state index is 12.9. The topological polar surface area (TPSA) is 79.9 Å². The summed E-state index contributed by atoms with van der Waals surface area (Å²) < 4.78 is 18.4. The van der Waals surface area contributed by atoms with Gasteiger partial charge in [0.15, 0.2) is 5.82 Å². The van der Waals surface area contributed by atoms with Gasteiger partial charge in [0, 0.05) is 11.6 Å². The number of amides is 1. The SMILES string of the molecule is O=C(CSc1n[nH]c(COc2ccc(Cl)cc2)n1)NCCc1ccc(F)cc1. The van der Waals surface area contributed by atoms with Crippen molar-refractivity contribution in [1.82, 2.24) is 20.5 Å². The number of hydrogen-bond acceptors (Lipinski definition) is 5. The number of benzene rings is 2. The van der Waals surface area contributed by atoms with Crippen LogP contribution in [0.2, 0.25) is 5.02 Å². The second-order valence-electron chi connectivity index (χ2n) is 5.82. The molecule has 28 heavy (non-hydrogen) atoms. The van der Waals surface area contributed by atoms with E-state index < -0.39 is 0 Å². The number of nitrogens with zero attached hydrogens (tertiary/aromatic N) is 2. The van der Waals surface area contributed by atoms with Crippen molar-refractivity contribution >= 4 is 29.3 Å². The summed E-state index contributed by atoms with van der Waals surface area (Å²) in [6.45, 7) is 0.720. The first kappa shape index (κ1) is 20.2. The zero-order chi connectivity index (χ0) is 19.8. The minimum absolute atomic E-state index is 0.115. The van der Waals surface area contributed by atoms with Crippen LogP contribution in [0.4, 0.5) is 4.39 Å². The van der Waals surface area contributed by atoms with Crippen LogP contribution in [0.25, 0.3) is 0 Å². The summed E-state index contributed by atoms with van der Waals surface area (Å²) in [7, 11) is 0. The van der Waals surface area contributed by atoms with Crippen molar-refractivity contribution < 1.29 is 13.9 Å². The average molecular weight is 421 g/mol. The van der Waals surface area contributed by atoms with E-state index in [0.29, 0.717) is 34.7 Å². The Morgan fingerprint density at radius 2 is 1.93 bits per heavy atom. The third-order valence-electron chi connectivity index (χ3n) is 3.68. The number of nitrogens with one attached hydrogen (secondary N) is 2. The molecular weight excluding hydrogens is 403 g/mol. The lowest BCUT2D eigenvalue weighted by atomic mass is 10.1. The molecule has 1 amide bonds. The highest BCUT2D eigenvalue weighted by molar-refractivity contribution is 7.99. The molecule has 0 aliphatic heterocycles. The third-order valence-corrected chi connectivity index (χ3v) is 4.78. The standard InChI is InChI=1S/C19H18ClFN4O2S/c20-14-3-7-16(8-4-14)27-11-17-23-19(25-24-17)28-12-18(26)22-10-9-13-1-5-15(21)6-2-13/h1-8H,9-12H2,(H,22,26)(H,23,24,25). The molecule has 0 saturated carbocycles. The average Bonchev–Trinajstić information content (AvgIpc) is 3.15. The van der Waals surface area contributed by atoms with E-state index >= 15 is 0 Å². The van der Waals surface area contributed by atoms with Gasteiger partial charge in [0.05, 0.1) is 5.75 Å². The second-order valence-corrected chi connectivity index (χ2v) is 7.20. The van der Waals surface area contributed by atoms with Gasteiger partial charge in [-0.05, 0) is 48.4 Å². The number of halogens is 2. The summed E-state index contributed by atoms with van der Waals surface area (Å²) in [5, 5.41) is 10.8. The Morgan fingerprint density at radius 1 is 1.18 bits per heavy atom. The lowest BCUT2D eigenvalue weighted by molar-refractivity contribution is -0.118. The van der Waals surface area contributed by atoms with Gasteiger partial charge in [0.2, 0.25) is 11.1 Å². The highest BCUT2D eigenvalue weighted by Crippen LogP contribution is 2.17. The molecule has 9 heteroatoms. The highest BCUT2D eigenvalue weighted by Gasteiger charge is 2.08. The van der Waals surface area contributed by atoms with Gasteiger partial charge in [-0.3, -0.25) is 9.89 Å². The Kier molecular flexibility index (Phi) is 7.27. The molecule has 0 unspecified atom stereocenters. The molecular formula is C19H18ClFN4O2S. The lowest BCUT2D eigenvalue weighted by Crippen LogP contribution is -2.27. The van der Waals surface area contributed by atoms with E-state index in [2.05, 4.69) is 20.5 Å². The van der Waals surface area contributed by atoms with E-state index in [1.807, 2.05) is 0 Å². The Bertz CT molecular complexity index is 903. The van der Waals surface area contributed by atoms with Crippen molar-refractivity contribution in [2.45, 2.75) is 18.2 Å². The van der Waals surface area contributed by atoms with Crippen LogP contribution in [-0.4, -0.2) is 33.4 Å². The molecule has 0 spiro atoms. The van der Waals surface area contributed by atoms with Gasteiger partial charge in [-0.25, -0.2) is 9.37 Å². The molecule has 1 aromatic heterocycles. The molecule has 2 N–H and O–H groups in total. The number of rotatable bonds is 9. The number of aromatic nitrogens is 3. The van der Waals surface area contributed by atoms with Crippen LogP contribution in [0.1, 0.15) is 11.4 Å². The number of thioether (sulfide) groups is 1. The summed E-state index contributed by atoms with van der Waals surface area (Å²) in [5.74, 6) is 1.06. The van der Waals surface area contributed by atoms with E-state index in [1.165, 1.54) is 23.9 Å². The van der Waals surface area contributed by atoms with Gasteiger partial charge in [0.1, 0.15) is 18.2 Å². The van der Waals surface area contributed by atoms with Crippen LogP contribution in [0.5, 0.6) is 5.75 Å². The molecule has 146 valence electrons. The molecule has 0 radical (unpaired) electrons. The molecule has 2 aromatic carbocycles.